The monoisotopic (exact) mass is 364 g/mol. The Kier molecular flexibility index (Phi) is 5.84. The molecule has 2 saturated heterocycles. The Labute approximate surface area is 153 Å². The van der Waals surface area contributed by atoms with Crippen LogP contribution < -0.4 is 4.74 Å². The molecule has 3 rings (SSSR count). The van der Waals surface area contributed by atoms with Crippen molar-refractivity contribution >= 4 is 23.4 Å². The molecule has 1 aromatic carbocycles. The van der Waals surface area contributed by atoms with Gasteiger partial charge >= 0.3 is 0 Å². The number of rotatable bonds is 3. The quantitative estimate of drug-likeness (QED) is 0.826. The Hall–Kier alpha value is -1.75. The standard InChI is InChI=1S/C19H25ClN2O3/c1-25-17-9-8-14(20)13-15(17)18(23)22-12-6-7-16(22)19(24)21-10-4-2-3-5-11-21/h8-9,13,16H,2-7,10-12H2,1H3/t16-/m0/s1. The summed E-state index contributed by atoms with van der Waals surface area (Å²) in [5.41, 5.74) is 0.422. The summed E-state index contributed by atoms with van der Waals surface area (Å²) in [6, 6.07) is 4.64. The molecule has 1 aromatic rings. The number of methoxy groups -OCH3 is 1. The van der Waals surface area contributed by atoms with Crippen LogP contribution in [0.2, 0.25) is 5.02 Å². The fourth-order valence-corrected chi connectivity index (χ4v) is 3.94. The third kappa shape index (κ3) is 3.92. The number of hydrogen-bond acceptors (Lipinski definition) is 3. The predicted octanol–water partition coefficient (Wildman–Crippen LogP) is 3.36. The molecule has 0 aromatic heterocycles. The average molecular weight is 365 g/mol. The van der Waals surface area contributed by atoms with Crippen molar-refractivity contribution in [2.24, 2.45) is 0 Å². The lowest BCUT2D eigenvalue weighted by Gasteiger charge is -2.30. The van der Waals surface area contributed by atoms with E-state index >= 15 is 0 Å². The highest BCUT2D eigenvalue weighted by atomic mass is 35.5. The minimum absolute atomic E-state index is 0.0914. The van der Waals surface area contributed by atoms with Gasteiger partial charge in [-0.25, -0.2) is 0 Å². The maximum atomic E-state index is 13.1. The van der Waals surface area contributed by atoms with Gasteiger partial charge in [0.1, 0.15) is 11.8 Å². The number of likely N-dealkylation sites (tertiary alicyclic amines) is 2. The van der Waals surface area contributed by atoms with Crippen molar-refractivity contribution in [3.8, 4) is 5.75 Å². The van der Waals surface area contributed by atoms with E-state index in [0.717, 1.165) is 38.8 Å². The molecule has 2 fully saturated rings. The Balaban J connectivity index is 1.80. The Morgan fingerprint density at radius 3 is 2.48 bits per heavy atom. The Morgan fingerprint density at radius 2 is 1.80 bits per heavy atom. The largest absolute Gasteiger partial charge is 0.496 e. The minimum Gasteiger partial charge on any atom is -0.496 e. The van der Waals surface area contributed by atoms with Crippen LogP contribution in [0, 0.1) is 0 Å². The Bertz CT molecular complexity index is 642. The van der Waals surface area contributed by atoms with E-state index in [2.05, 4.69) is 0 Å². The van der Waals surface area contributed by atoms with Crippen LogP contribution in [0.4, 0.5) is 0 Å². The van der Waals surface area contributed by atoms with Crippen molar-refractivity contribution in [2.75, 3.05) is 26.7 Å². The summed E-state index contributed by atoms with van der Waals surface area (Å²) in [6.07, 6.45) is 6.03. The van der Waals surface area contributed by atoms with Crippen molar-refractivity contribution in [3.63, 3.8) is 0 Å². The van der Waals surface area contributed by atoms with E-state index in [1.165, 1.54) is 20.0 Å². The molecule has 0 radical (unpaired) electrons. The molecule has 6 heteroatoms. The summed E-state index contributed by atoms with van der Waals surface area (Å²) >= 11 is 6.06. The fourth-order valence-electron chi connectivity index (χ4n) is 3.77. The number of carbonyl (C=O) groups is 2. The van der Waals surface area contributed by atoms with Gasteiger partial charge in [0.25, 0.3) is 5.91 Å². The van der Waals surface area contributed by atoms with E-state index in [1.807, 2.05) is 4.90 Å². The van der Waals surface area contributed by atoms with Gasteiger partial charge in [0, 0.05) is 24.7 Å². The highest BCUT2D eigenvalue weighted by Crippen LogP contribution is 2.28. The van der Waals surface area contributed by atoms with E-state index in [0.29, 0.717) is 22.9 Å². The molecular formula is C19H25ClN2O3. The van der Waals surface area contributed by atoms with Crippen molar-refractivity contribution in [2.45, 2.75) is 44.6 Å². The summed E-state index contributed by atoms with van der Waals surface area (Å²) in [5.74, 6) is 0.404. The van der Waals surface area contributed by atoms with E-state index < -0.39 is 0 Å². The first-order chi connectivity index (χ1) is 12.1. The number of benzene rings is 1. The van der Waals surface area contributed by atoms with Crippen LogP contribution >= 0.6 is 11.6 Å². The topological polar surface area (TPSA) is 49.9 Å². The van der Waals surface area contributed by atoms with Crippen LogP contribution in [0.25, 0.3) is 0 Å². The fraction of sp³-hybridized carbons (Fsp3) is 0.579. The van der Waals surface area contributed by atoms with Crippen LogP contribution in [-0.2, 0) is 4.79 Å². The number of carbonyl (C=O) groups excluding carboxylic acids is 2. The SMILES string of the molecule is COc1ccc(Cl)cc1C(=O)N1CCC[C@H]1C(=O)N1CCCCCC1. The van der Waals surface area contributed by atoms with E-state index in [4.69, 9.17) is 16.3 Å². The first-order valence-electron chi connectivity index (χ1n) is 9.05. The normalized spacial score (nSPS) is 21.1. The number of amides is 2. The molecule has 0 spiro atoms. The summed E-state index contributed by atoms with van der Waals surface area (Å²) in [6.45, 7) is 2.20. The number of hydrogen-bond donors (Lipinski definition) is 0. The van der Waals surface area contributed by atoms with Crippen LogP contribution in [0.15, 0.2) is 18.2 Å². The lowest BCUT2D eigenvalue weighted by Crippen LogP contribution is -2.48. The van der Waals surface area contributed by atoms with E-state index in [-0.39, 0.29) is 17.9 Å². The highest BCUT2D eigenvalue weighted by Gasteiger charge is 2.37. The molecule has 0 bridgehead atoms. The number of ether oxygens (including phenoxy) is 1. The third-order valence-electron chi connectivity index (χ3n) is 5.11. The van der Waals surface area contributed by atoms with Gasteiger partial charge in [-0.2, -0.15) is 0 Å². The van der Waals surface area contributed by atoms with Crippen LogP contribution in [0.3, 0.4) is 0 Å². The lowest BCUT2D eigenvalue weighted by atomic mass is 10.1. The van der Waals surface area contributed by atoms with Crippen molar-refractivity contribution in [1.29, 1.82) is 0 Å². The first kappa shape index (κ1) is 18.1. The molecule has 0 saturated carbocycles. The van der Waals surface area contributed by atoms with Gasteiger partial charge in [-0.05, 0) is 43.9 Å². The molecule has 0 aliphatic carbocycles. The van der Waals surface area contributed by atoms with Gasteiger partial charge in [-0.15, -0.1) is 0 Å². The zero-order valence-corrected chi connectivity index (χ0v) is 15.4. The molecule has 0 N–H and O–H groups in total. The van der Waals surface area contributed by atoms with Crippen LogP contribution in [-0.4, -0.2) is 54.4 Å². The molecule has 25 heavy (non-hydrogen) atoms. The zero-order valence-electron chi connectivity index (χ0n) is 14.7. The van der Waals surface area contributed by atoms with Gasteiger partial charge in [-0.1, -0.05) is 24.4 Å². The third-order valence-corrected chi connectivity index (χ3v) is 5.34. The van der Waals surface area contributed by atoms with Gasteiger partial charge in [-0.3, -0.25) is 9.59 Å². The van der Waals surface area contributed by atoms with Crippen molar-refractivity contribution < 1.29 is 14.3 Å². The summed E-state index contributed by atoms with van der Waals surface area (Å²) in [4.78, 5) is 29.7. The lowest BCUT2D eigenvalue weighted by molar-refractivity contribution is -0.135. The second-order valence-electron chi connectivity index (χ2n) is 6.74. The molecular weight excluding hydrogens is 340 g/mol. The van der Waals surface area contributed by atoms with Gasteiger partial charge in [0.15, 0.2) is 0 Å². The minimum atomic E-state index is -0.366. The Morgan fingerprint density at radius 1 is 1.08 bits per heavy atom. The van der Waals surface area contributed by atoms with Crippen LogP contribution in [0.1, 0.15) is 48.9 Å². The highest BCUT2D eigenvalue weighted by molar-refractivity contribution is 6.31. The molecule has 136 valence electrons. The van der Waals surface area contributed by atoms with Crippen molar-refractivity contribution in [3.05, 3.63) is 28.8 Å². The van der Waals surface area contributed by atoms with Gasteiger partial charge in [0.05, 0.1) is 12.7 Å². The van der Waals surface area contributed by atoms with E-state index in [9.17, 15) is 9.59 Å². The number of nitrogens with zero attached hydrogens (tertiary/aromatic N) is 2. The summed E-state index contributed by atoms with van der Waals surface area (Å²) in [7, 11) is 1.53. The second-order valence-corrected chi connectivity index (χ2v) is 7.18. The van der Waals surface area contributed by atoms with Gasteiger partial charge < -0.3 is 14.5 Å². The maximum absolute atomic E-state index is 13.1. The smallest absolute Gasteiger partial charge is 0.258 e. The summed E-state index contributed by atoms with van der Waals surface area (Å²) < 4.78 is 5.31. The second kappa shape index (κ2) is 8.09. The summed E-state index contributed by atoms with van der Waals surface area (Å²) in [5, 5.41) is 0.485. The molecule has 2 heterocycles. The molecule has 2 aliphatic rings. The maximum Gasteiger partial charge on any atom is 0.258 e. The van der Waals surface area contributed by atoms with Crippen molar-refractivity contribution in [1.82, 2.24) is 9.80 Å². The number of halogens is 1. The molecule has 5 nitrogen and oxygen atoms in total. The first-order valence-corrected chi connectivity index (χ1v) is 9.43. The average Bonchev–Trinajstić information content (AvgIpc) is 2.95. The van der Waals surface area contributed by atoms with E-state index in [1.54, 1.807) is 23.1 Å². The zero-order chi connectivity index (χ0) is 17.8. The molecule has 2 amide bonds. The molecule has 2 aliphatic heterocycles. The van der Waals surface area contributed by atoms with Crippen LogP contribution in [0.5, 0.6) is 5.75 Å². The molecule has 0 unspecified atom stereocenters. The molecule has 1 atom stereocenters. The predicted molar refractivity (Wildman–Crippen MR) is 97.1 cm³/mol. The van der Waals surface area contributed by atoms with Gasteiger partial charge in [0.2, 0.25) is 5.91 Å².